The molecule has 3 atom stereocenters. The van der Waals surface area contributed by atoms with E-state index in [1.165, 1.54) is 12.0 Å². The van der Waals surface area contributed by atoms with Crippen molar-refractivity contribution in [2.24, 2.45) is 0 Å². The number of nitrogens with zero attached hydrogens (tertiary/aromatic N) is 3. The maximum Gasteiger partial charge on any atom is 0.410 e. The van der Waals surface area contributed by atoms with E-state index in [0.717, 1.165) is 5.56 Å². The molecule has 0 radical (unpaired) electrons. The van der Waals surface area contributed by atoms with Crippen LogP contribution in [0.5, 0.6) is 0 Å². The Morgan fingerprint density at radius 2 is 1.49 bits per heavy atom. The van der Waals surface area contributed by atoms with Gasteiger partial charge < -0.3 is 34.1 Å². The van der Waals surface area contributed by atoms with Crippen molar-refractivity contribution in [3.05, 3.63) is 35.9 Å². The summed E-state index contributed by atoms with van der Waals surface area (Å²) in [6.45, 7) is 12.2. The van der Waals surface area contributed by atoms with Crippen LogP contribution < -0.4 is 5.32 Å². The van der Waals surface area contributed by atoms with E-state index in [-0.39, 0.29) is 32.3 Å². The van der Waals surface area contributed by atoms with Gasteiger partial charge >= 0.3 is 24.2 Å². The lowest BCUT2D eigenvalue weighted by Gasteiger charge is -2.42. The smallest absolute Gasteiger partial charge is 0.410 e. The third-order valence-electron chi connectivity index (χ3n) is 6.62. The van der Waals surface area contributed by atoms with Gasteiger partial charge in [-0.1, -0.05) is 30.3 Å². The van der Waals surface area contributed by atoms with E-state index in [1.54, 1.807) is 51.3 Å². The molecule has 1 aromatic carbocycles. The van der Waals surface area contributed by atoms with Gasteiger partial charge in [-0.2, -0.15) is 0 Å². The van der Waals surface area contributed by atoms with Gasteiger partial charge in [0.2, 0.25) is 0 Å². The van der Waals surface area contributed by atoms with Gasteiger partial charge in [-0.25, -0.2) is 19.2 Å². The van der Waals surface area contributed by atoms with Gasteiger partial charge in [-0.15, -0.1) is 0 Å². The van der Waals surface area contributed by atoms with Crippen LogP contribution in [0, 0.1) is 0 Å². The van der Waals surface area contributed by atoms with Crippen LogP contribution in [0.1, 0.15) is 53.5 Å². The summed E-state index contributed by atoms with van der Waals surface area (Å²) in [6.07, 6.45) is -1.23. The van der Waals surface area contributed by atoms with Crippen LogP contribution >= 0.6 is 0 Å². The number of amides is 3. The normalized spacial score (nSPS) is 21.3. The topological polar surface area (TPSA) is 127 Å². The Kier molecular flexibility index (Phi) is 10.5. The van der Waals surface area contributed by atoms with E-state index in [4.69, 9.17) is 18.9 Å². The van der Waals surface area contributed by atoms with Crippen molar-refractivity contribution in [1.29, 1.82) is 0 Å². The number of ether oxygens (including phenoxy) is 4. The van der Waals surface area contributed by atoms with Crippen molar-refractivity contribution in [2.75, 3.05) is 39.8 Å². The van der Waals surface area contributed by atoms with Gasteiger partial charge in [0, 0.05) is 38.8 Å². The van der Waals surface area contributed by atoms with E-state index in [1.807, 2.05) is 30.3 Å². The zero-order chi connectivity index (χ0) is 30.4. The Morgan fingerprint density at radius 1 is 0.854 bits per heavy atom. The van der Waals surface area contributed by atoms with E-state index in [2.05, 4.69) is 5.32 Å². The number of carbonyl (C=O) groups excluding carboxylic acids is 4. The predicted molar refractivity (Wildman–Crippen MR) is 150 cm³/mol. The molecule has 3 amide bonds. The van der Waals surface area contributed by atoms with Gasteiger partial charge in [-0.3, -0.25) is 4.90 Å². The first kappa shape index (κ1) is 32.0. The second kappa shape index (κ2) is 13.4. The molecule has 1 unspecified atom stereocenters. The maximum atomic E-state index is 13.0. The van der Waals surface area contributed by atoms with Crippen LogP contribution in [0.3, 0.4) is 0 Å². The standard InChI is InChI=1S/C29H44N4O8/c1-28(2,3)40-25(35)31-13-14-32(27(37)41-29(4,5)6)22(18-31)16-30-21-15-23(24(34)38-7)33(17-21)26(36)39-19-20-11-9-8-10-12-20/h8-12,21-23,30H,13-19H2,1-7H3/t21-,22?,23+/m0/s1. The van der Waals surface area contributed by atoms with E-state index in [9.17, 15) is 19.2 Å². The Bertz CT molecular complexity index is 1070. The molecule has 228 valence electrons. The van der Waals surface area contributed by atoms with Crippen LogP contribution in [-0.2, 0) is 30.3 Å². The lowest BCUT2D eigenvalue weighted by molar-refractivity contribution is -0.145. The zero-order valence-electron chi connectivity index (χ0n) is 25.2. The highest BCUT2D eigenvalue weighted by Gasteiger charge is 2.42. The first-order valence-corrected chi connectivity index (χ1v) is 13.9. The fourth-order valence-corrected chi connectivity index (χ4v) is 4.73. The monoisotopic (exact) mass is 576 g/mol. The van der Waals surface area contributed by atoms with Crippen molar-refractivity contribution in [3.63, 3.8) is 0 Å². The molecule has 0 aliphatic carbocycles. The minimum Gasteiger partial charge on any atom is -0.467 e. The molecule has 2 aliphatic rings. The fraction of sp³-hybridized carbons (Fsp3) is 0.655. The third kappa shape index (κ3) is 9.51. The first-order chi connectivity index (χ1) is 19.2. The number of hydrogen-bond donors (Lipinski definition) is 1. The van der Waals surface area contributed by atoms with Crippen LogP contribution in [0.4, 0.5) is 14.4 Å². The molecule has 1 aromatic rings. The number of benzene rings is 1. The second-order valence-electron chi connectivity index (χ2n) is 12.3. The largest absolute Gasteiger partial charge is 0.467 e. The summed E-state index contributed by atoms with van der Waals surface area (Å²) in [5.74, 6) is -0.532. The number of nitrogens with one attached hydrogen (secondary N) is 1. The molecule has 0 saturated carbocycles. The quantitative estimate of drug-likeness (QED) is 0.400. The highest BCUT2D eigenvalue weighted by atomic mass is 16.6. The zero-order valence-corrected chi connectivity index (χ0v) is 25.2. The number of hydrogen-bond acceptors (Lipinski definition) is 9. The number of rotatable bonds is 6. The third-order valence-corrected chi connectivity index (χ3v) is 6.62. The predicted octanol–water partition coefficient (Wildman–Crippen LogP) is 3.39. The summed E-state index contributed by atoms with van der Waals surface area (Å²) in [4.78, 5) is 55.9. The van der Waals surface area contributed by atoms with Crippen molar-refractivity contribution in [3.8, 4) is 0 Å². The van der Waals surface area contributed by atoms with Gasteiger partial charge in [0.1, 0.15) is 23.9 Å². The molecule has 41 heavy (non-hydrogen) atoms. The summed E-state index contributed by atoms with van der Waals surface area (Å²) in [7, 11) is 1.28. The van der Waals surface area contributed by atoms with E-state index < -0.39 is 47.5 Å². The molecule has 12 nitrogen and oxygen atoms in total. The average molecular weight is 577 g/mol. The van der Waals surface area contributed by atoms with Crippen molar-refractivity contribution in [2.45, 2.75) is 83.9 Å². The molecule has 3 rings (SSSR count). The van der Waals surface area contributed by atoms with Gasteiger partial charge in [0.25, 0.3) is 0 Å². The lowest BCUT2D eigenvalue weighted by atomic mass is 10.1. The molecule has 12 heteroatoms. The lowest BCUT2D eigenvalue weighted by Crippen LogP contribution is -2.61. The Balaban J connectivity index is 1.68. The van der Waals surface area contributed by atoms with Crippen molar-refractivity contribution < 1.29 is 38.1 Å². The molecule has 0 spiro atoms. The van der Waals surface area contributed by atoms with Crippen LogP contribution in [-0.4, -0.2) is 108 Å². The summed E-state index contributed by atoms with van der Waals surface area (Å²) in [6, 6.07) is 7.76. The fourth-order valence-electron chi connectivity index (χ4n) is 4.73. The number of piperazine rings is 1. The number of carbonyl (C=O) groups is 4. The van der Waals surface area contributed by atoms with Crippen molar-refractivity contribution in [1.82, 2.24) is 20.0 Å². The average Bonchev–Trinajstić information content (AvgIpc) is 3.33. The first-order valence-electron chi connectivity index (χ1n) is 13.9. The van der Waals surface area contributed by atoms with Crippen LogP contribution in [0.2, 0.25) is 0 Å². The van der Waals surface area contributed by atoms with Gasteiger partial charge in [0.05, 0.1) is 13.2 Å². The van der Waals surface area contributed by atoms with Gasteiger partial charge in [0.15, 0.2) is 0 Å². The molecule has 1 N–H and O–H groups in total. The van der Waals surface area contributed by atoms with Gasteiger partial charge in [-0.05, 0) is 53.5 Å². The summed E-state index contributed by atoms with van der Waals surface area (Å²) < 4.78 is 21.6. The summed E-state index contributed by atoms with van der Waals surface area (Å²) >= 11 is 0. The Labute approximate surface area is 242 Å². The SMILES string of the molecule is COC(=O)[C@H]1C[C@H](NCC2CN(C(=O)OC(C)(C)C)CCN2C(=O)OC(C)(C)C)CN1C(=O)OCc1ccccc1. The maximum absolute atomic E-state index is 13.0. The highest BCUT2D eigenvalue weighted by molar-refractivity contribution is 5.82. The number of likely N-dealkylation sites (tertiary alicyclic amines) is 1. The minimum absolute atomic E-state index is 0.0790. The molecular formula is C29H44N4O8. The summed E-state index contributed by atoms with van der Waals surface area (Å²) in [5.41, 5.74) is -0.506. The Hall–Kier alpha value is -3.54. The molecular weight excluding hydrogens is 532 g/mol. The Morgan fingerprint density at radius 3 is 2.10 bits per heavy atom. The molecule has 2 fully saturated rings. The molecule has 0 bridgehead atoms. The van der Waals surface area contributed by atoms with E-state index >= 15 is 0 Å². The number of esters is 1. The molecule has 0 aromatic heterocycles. The molecule has 2 aliphatic heterocycles. The summed E-state index contributed by atoms with van der Waals surface area (Å²) in [5, 5.41) is 3.39. The van der Waals surface area contributed by atoms with Crippen LogP contribution in [0.25, 0.3) is 0 Å². The minimum atomic E-state index is -0.813. The second-order valence-corrected chi connectivity index (χ2v) is 12.3. The number of methoxy groups -OCH3 is 1. The molecule has 2 heterocycles. The van der Waals surface area contributed by atoms with Crippen LogP contribution in [0.15, 0.2) is 30.3 Å². The molecule has 2 saturated heterocycles. The highest BCUT2D eigenvalue weighted by Crippen LogP contribution is 2.23. The van der Waals surface area contributed by atoms with Crippen molar-refractivity contribution >= 4 is 24.2 Å². The van der Waals surface area contributed by atoms with E-state index in [0.29, 0.717) is 19.5 Å².